The third-order valence-corrected chi connectivity index (χ3v) is 6.30. The van der Waals surface area contributed by atoms with Crippen LogP contribution >= 0.6 is 15.9 Å². The largest absolute Gasteiger partial charge is 0.262 e. The first kappa shape index (κ1) is 16.9. The first-order valence-corrected chi connectivity index (χ1v) is 9.77. The zero-order valence-electron chi connectivity index (χ0n) is 12.6. The van der Waals surface area contributed by atoms with Gasteiger partial charge in [-0.3, -0.25) is 4.98 Å². The van der Waals surface area contributed by atoms with Crippen LogP contribution in [-0.4, -0.2) is 30.3 Å². The topological polar surface area (TPSA) is 50.3 Å². The smallest absolute Gasteiger partial charge is 0.244 e. The molecule has 1 saturated carbocycles. The van der Waals surface area contributed by atoms with Gasteiger partial charge < -0.3 is 0 Å². The van der Waals surface area contributed by atoms with Crippen LogP contribution in [0.15, 0.2) is 27.8 Å². The van der Waals surface area contributed by atoms with Gasteiger partial charge in [-0.15, -0.1) is 0 Å². The first-order valence-electron chi connectivity index (χ1n) is 7.53. The van der Waals surface area contributed by atoms with Crippen molar-refractivity contribution in [1.82, 2.24) is 9.29 Å². The van der Waals surface area contributed by atoms with E-state index in [4.69, 9.17) is 0 Å². The standard InChI is InChI=1S/C15H23BrN2O2S/c1-12(2)7-8-18(14-5-3-4-6-14)21(19,20)15-9-13(16)10-17-11-15/h9-12,14H,3-8H2,1-2H3. The Balaban J connectivity index is 2.29. The predicted molar refractivity (Wildman–Crippen MR) is 87.5 cm³/mol. The number of pyridine rings is 1. The van der Waals surface area contributed by atoms with E-state index in [1.807, 2.05) is 0 Å². The Bertz CT molecular complexity index is 569. The zero-order chi connectivity index (χ0) is 15.5. The molecule has 4 nitrogen and oxygen atoms in total. The van der Waals surface area contributed by atoms with Crippen LogP contribution in [0.2, 0.25) is 0 Å². The van der Waals surface area contributed by atoms with Gasteiger partial charge in [-0.05, 0) is 47.2 Å². The normalized spacial score (nSPS) is 17.0. The Labute approximate surface area is 136 Å². The fourth-order valence-corrected chi connectivity index (χ4v) is 4.95. The summed E-state index contributed by atoms with van der Waals surface area (Å²) in [5, 5.41) is 0. The lowest BCUT2D eigenvalue weighted by Gasteiger charge is -2.28. The van der Waals surface area contributed by atoms with Crippen LogP contribution in [0, 0.1) is 5.92 Å². The van der Waals surface area contributed by atoms with Gasteiger partial charge in [0, 0.05) is 29.5 Å². The summed E-state index contributed by atoms with van der Waals surface area (Å²) in [7, 11) is -3.46. The molecule has 0 radical (unpaired) electrons. The Morgan fingerprint density at radius 1 is 1.33 bits per heavy atom. The molecule has 0 saturated heterocycles. The summed E-state index contributed by atoms with van der Waals surface area (Å²) < 4.78 is 28.3. The van der Waals surface area contributed by atoms with Crippen molar-refractivity contribution in [1.29, 1.82) is 0 Å². The molecule has 6 heteroatoms. The van der Waals surface area contributed by atoms with Gasteiger partial charge >= 0.3 is 0 Å². The van der Waals surface area contributed by atoms with Crippen molar-refractivity contribution in [2.24, 2.45) is 5.92 Å². The van der Waals surface area contributed by atoms with Gasteiger partial charge in [0.25, 0.3) is 0 Å². The number of aromatic nitrogens is 1. The summed E-state index contributed by atoms with van der Waals surface area (Å²) in [5.74, 6) is 0.490. The number of sulfonamides is 1. The molecule has 1 aromatic heterocycles. The van der Waals surface area contributed by atoms with Crippen molar-refractivity contribution in [3.8, 4) is 0 Å². The highest BCUT2D eigenvalue weighted by molar-refractivity contribution is 9.10. The summed E-state index contributed by atoms with van der Waals surface area (Å²) in [4.78, 5) is 4.29. The molecule has 1 aliphatic rings. The molecule has 0 aromatic carbocycles. The van der Waals surface area contributed by atoms with Crippen LogP contribution in [0.5, 0.6) is 0 Å². The minimum atomic E-state index is -3.46. The second-order valence-electron chi connectivity index (χ2n) is 6.08. The maximum Gasteiger partial charge on any atom is 0.244 e. The molecular formula is C15H23BrN2O2S. The van der Waals surface area contributed by atoms with Crippen LogP contribution in [0.3, 0.4) is 0 Å². The minimum Gasteiger partial charge on any atom is -0.262 e. The molecule has 1 heterocycles. The fourth-order valence-electron chi connectivity index (χ4n) is 2.75. The Morgan fingerprint density at radius 3 is 2.57 bits per heavy atom. The van der Waals surface area contributed by atoms with Gasteiger partial charge in [-0.25, -0.2) is 8.42 Å². The van der Waals surface area contributed by atoms with E-state index in [0.717, 1.165) is 32.1 Å². The third kappa shape index (κ3) is 4.27. The lowest BCUT2D eigenvalue weighted by atomic mass is 10.1. The Morgan fingerprint density at radius 2 is 2.00 bits per heavy atom. The monoisotopic (exact) mass is 374 g/mol. The van der Waals surface area contributed by atoms with Crippen LogP contribution in [0.4, 0.5) is 0 Å². The average Bonchev–Trinajstić information content (AvgIpc) is 2.92. The van der Waals surface area contributed by atoms with E-state index in [0.29, 0.717) is 16.9 Å². The maximum absolute atomic E-state index is 12.9. The van der Waals surface area contributed by atoms with E-state index in [1.54, 1.807) is 16.6 Å². The molecule has 0 spiro atoms. The zero-order valence-corrected chi connectivity index (χ0v) is 15.0. The average molecular weight is 375 g/mol. The summed E-state index contributed by atoms with van der Waals surface area (Å²) in [6.45, 7) is 4.84. The highest BCUT2D eigenvalue weighted by Crippen LogP contribution is 2.29. The van der Waals surface area contributed by atoms with Crippen LogP contribution in [-0.2, 0) is 10.0 Å². The van der Waals surface area contributed by atoms with E-state index < -0.39 is 10.0 Å². The number of halogens is 1. The van der Waals surface area contributed by atoms with Gasteiger partial charge in [0.05, 0.1) is 0 Å². The molecule has 1 fully saturated rings. The van der Waals surface area contributed by atoms with Gasteiger partial charge in [0.2, 0.25) is 10.0 Å². The van der Waals surface area contributed by atoms with E-state index in [2.05, 4.69) is 34.8 Å². The summed E-state index contributed by atoms with van der Waals surface area (Å²) in [6.07, 6.45) is 8.11. The molecule has 0 bridgehead atoms. The number of rotatable bonds is 6. The maximum atomic E-state index is 12.9. The van der Waals surface area contributed by atoms with Gasteiger partial charge in [0.15, 0.2) is 0 Å². The summed E-state index contributed by atoms with van der Waals surface area (Å²) >= 11 is 3.30. The number of hydrogen-bond donors (Lipinski definition) is 0. The molecule has 0 atom stereocenters. The third-order valence-electron chi connectivity index (χ3n) is 3.95. The molecule has 0 aliphatic heterocycles. The molecule has 1 aromatic rings. The fraction of sp³-hybridized carbons (Fsp3) is 0.667. The highest BCUT2D eigenvalue weighted by atomic mass is 79.9. The highest BCUT2D eigenvalue weighted by Gasteiger charge is 2.33. The molecule has 0 amide bonds. The van der Waals surface area contributed by atoms with Crippen LogP contribution in [0.25, 0.3) is 0 Å². The van der Waals surface area contributed by atoms with Crippen molar-refractivity contribution in [2.75, 3.05) is 6.54 Å². The Hall–Kier alpha value is -0.460. The second kappa shape index (κ2) is 7.20. The van der Waals surface area contributed by atoms with Crippen LogP contribution < -0.4 is 0 Å². The first-order chi connectivity index (χ1) is 9.91. The summed E-state index contributed by atoms with van der Waals surface area (Å²) in [5.41, 5.74) is 0. The van der Waals surface area contributed by atoms with Crippen LogP contribution in [0.1, 0.15) is 46.0 Å². The minimum absolute atomic E-state index is 0.146. The molecule has 0 unspecified atom stereocenters. The van der Waals surface area contributed by atoms with Gasteiger partial charge in [-0.2, -0.15) is 4.31 Å². The van der Waals surface area contributed by atoms with Crippen molar-refractivity contribution >= 4 is 26.0 Å². The lowest BCUT2D eigenvalue weighted by Crippen LogP contribution is -2.40. The Kier molecular flexibility index (Phi) is 5.80. The van der Waals surface area contributed by atoms with Gasteiger partial charge in [0.1, 0.15) is 4.90 Å². The van der Waals surface area contributed by atoms with Crippen molar-refractivity contribution in [2.45, 2.75) is 56.9 Å². The van der Waals surface area contributed by atoms with Crippen molar-refractivity contribution < 1.29 is 8.42 Å². The van der Waals surface area contributed by atoms with Crippen molar-refractivity contribution in [3.05, 3.63) is 22.9 Å². The second-order valence-corrected chi connectivity index (χ2v) is 8.88. The lowest BCUT2D eigenvalue weighted by molar-refractivity contribution is 0.304. The molecule has 1 aliphatic carbocycles. The van der Waals surface area contributed by atoms with E-state index in [9.17, 15) is 8.42 Å². The van der Waals surface area contributed by atoms with E-state index in [1.165, 1.54) is 6.20 Å². The summed E-state index contributed by atoms with van der Waals surface area (Å²) in [6, 6.07) is 1.78. The molecule has 118 valence electrons. The molecule has 0 N–H and O–H groups in total. The quantitative estimate of drug-likeness (QED) is 0.760. The van der Waals surface area contributed by atoms with E-state index >= 15 is 0 Å². The predicted octanol–water partition coefficient (Wildman–Crippen LogP) is 3.82. The van der Waals surface area contributed by atoms with Crippen molar-refractivity contribution in [3.63, 3.8) is 0 Å². The van der Waals surface area contributed by atoms with E-state index in [-0.39, 0.29) is 10.9 Å². The molecule has 21 heavy (non-hydrogen) atoms. The molecular weight excluding hydrogens is 352 g/mol. The molecule has 2 rings (SSSR count). The SMILES string of the molecule is CC(C)CCN(C1CCCC1)S(=O)(=O)c1cncc(Br)c1. The number of hydrogen-bond acceptors (Lipinski definition) is 3. The number of nitrogens with zero attached hydrogens (tertiary/aromatic N) is 2. The van der Waals surface area contributed by atoms with Gasteiger partial charge in [-0.1, -0.05) is 26.7 Å².